The number of imidazole rings is 1. The second-order valence-electron chi connectivity index (χ2n) is 8.91. The Balaban J connectivity index is 0.000000229. The quantitative estimate of drug-likeness (QED) is 0.181. The first-order valence-electron chi connectivity index (χ1n) is 12.3. The molecule has 0 amide bonds. The minimum atomic E-state index is -0.138. The van der Waals surface area contributed by atoms with Crippen molar-refractivity contribution in [2.24, 2.45) is 0 Å². The van der Waals surface area contributed by atoms with Crippen molar-refractivity contribution in [2.75, 3.05) is 0 Å². The number of benzene rings is 3. The molecule has 3 heterocycles. The first kappa shape index (κ1) is 28.6. The predicted molar refractivity (Wildman–Crippen MR) is 151 cm³/mol. The summed E-state index contributed by atoms with van der Waals surface area (Å²) >= 11 is 0. The first-order chi connectivity index (χ1) is 19.6. The van der Waals surface area contributed by atoms with Gasteiger partial charge in [0.05, 0.1) is 12.4 Å². The summed E-state index contributed by atoms with van der Waals surface area (Å²) < 4.78 is 2.18. The average Bonchev–Trinajstić information content (AvgIpc) is 3.50. The maximum absolute atomic E-state index is 9.35. The number of rotatable bonds is 2. The Morgan fingerprint density at radius 2 is 1.76 bits per heavy atom. The summed E-state index contributed by atoms with van der Waals surface area (Å²) in [5.74, 6) is 1.06. The molecular weight excluding hydrogens is 687 g/mol. The summed E-state index contributed by atoms with van der Waals surface area (Å²) in [5, 5.41) is 18.6. The van der Waals surface area contributed by atoms with Gasteiger partial charge in [0.1, 0.15) is 6.57 Å². The molecule has 41 heavy (non-hydrogen) atoms. The maximum Gasteiger partial charge on any atom is 0.263 e. The van der Waals surface area contributed by atoms with Crippen LogP contribution in [-0.2, 0) is 33.1 Å². The third-order valence-electron chi connectivity index (χ3n) is 6.59. The minimum absolute atomic E-state index is 0. The standard InChI is InChI=1S/C22H10N5.C11H9N2.Ir/c1-14-13-27-20(10-17(14)15-7-5-4-6-8-15)18-9-16(11-23)19(12-24)22(26-3)21(18)25-2;1-2-4-10-9(3-1)5-7-13-8-6-12-11(10)13;/h4-8,10,13H,1H3;1-3,6,8H,5,7H2;/q2*-1;. The van der Waals surface area contributed by atoms with Gasteiger partial charge in [-0.25, -0.2) is 15.4 Å². The van der Waals surface area contributed by atoms with Gasteiger partial charge in [-0.3, -0.25) is 9.97 Å². The van der Waals surface area contributed by atoms with Crippen LogP contribution in [0.2, 0.25) is 0 Å². The van der Waals surface area contributed by atoms with E-state index in [1.807, 2.05) is 80.0 Å². The van der Waals surface area contributed by atoms with Crippen LogP contribution in [0.4, 0.5) is 11.4 Å². The van der Waals surface area contributed by atoms with E-state index in [-0.39, 0.29) is 48.2 Å². The molecule has 0 unspecified atom stereocenters. The van der Waals surface area contributed by atoms with Crippen LogP contribution in [-0.4, -0.2) is 14.5 Å². The summed E-state index contributed by atoms with van der Waals surface area (Å²) in [5.41, 5.74) is 5.73. The summed E-state index contributed by atoms with van der Waals surface area (Å²) in [6.07, 6.45) is 6.65. The Bertz CT molecular complexity index is 1910. The monoisotopic (exact) mass is 706 g/mol. The molecule has 6 rings (SSSR count). The summed E-state index contributed by atoms with van der Waals surface area (Å²) in [6.45, 7) is 17.8. The van der Waals surface area contributed by atoms with Gasteiger partial charge in [-0.2, -0.15) is 4.85 Å². The van der Waals surface area contributed by atoms with Gasteiger partial charge in [0.2, 0.25) is 5.69 Å². The molecule has 1 radical (unpaired) electrons. The van der Waals surface area contributed by atoms with Crippen LogP contribution in [0, 0.1) is 54.9 Å². The fourth-order valence-electron chi connectivity index (χ4n) is 4.63. The van der Waals surface area contributed by atoms with Crippen LogP contribution in [0.3, 0.4) is 0 Å². The number of nitriles is 2. The van der Waals surface area contributed by atoms with E-state index in [9.17, 15) is 10.5 Å². The Kier molecular flexibility index (Phi) is 8.84. The van der Waals surface area contributed by atoms with Crippen molar-refractivity contribution in [3.8, 4) is 45.9 Å². The van der Waals surface area contributed by atoms with E-state index in [0.29, 0.717) is 5.69 Å². The van der Waals surface area contributed by atoms with Crippen LogP contribution >= 0.6 is 0 Å². The molecule has 197 valence electrons. The molecule has 0 bridgehead atoms. The molecule has 2 aromatic heterocycles. The van der Waals surface area contributed by atoms with Crippen LogP contribution < -0.4 is 0 Å². The third kappa shape index (κ3) is 5.53. The van der Waals surface area contributed by atoms with Crippen molar-refractivity contribution in [3.63, 3.8) is 0 Å². The van der Waals surface area contributed by atoms with Crippen molar-refractivity contribution in [3.05, 3.63) is 130 Å². The average molecular weight is 706 g/mol. The third-order valence-corrected chi connectivity index (χ3v) is 6.59. The van der Waals surface area contributed by atoms with Crippen molar-refractivity contribution in [2.45, 2.75) is 19.9 Å². The van der Waals surface area contributed by atoms with E-state index in [4.69, 9.17) is 13.1 Å². The molecule has 0 spiro atoms. The normalized spacial score (nSPS) is 10.6. The Labute approximate surface area is 252 Å². The summed E-state index contributed by atoms with van der Waals surface area (Å²) in [6, 6.07) is 27.5. The minimum Gasteiger partial charge on any atom is -0.371 e. The maximum atomic E-state index is 9.35. The smallest absolute Gasteiger partial charge is 0.263 e. The van der Waals surface area contributed by atoms with Gasteiger partial charge in [0.25, 0.3) is 5.69 Å². The largest absolute Gasteiger partial charge is 0.371 e. The molecule has 5 aromatic rings. The number of pyridine rings is 1. The number of aryl methyl sites for hydroxylation is 3. The molecule has 1 aliphatic heterocycles. The van der Waals surface area contributed by atoms with Crippen LogP contribution in [0.5, 0.6) is 0 Å². The van der Waals surface area contributed by atoms with Gasteiger partial charge in [-0.05, 0) is 47.2 Å². The Morgan fingerprint density at radius 1 is 0.976 bits per heavy atom. The second kappa shape index (κ2) is 12.7. The zero-order chi connectivity index (χ0) is 28.1. The fraction of sp³-hybridized carbons (Fsp3) is 0.0909. The van der Waals surface area contributed by atoms with Crippen LogP contribution in [0.1, 0.15) is 22.3 Å². The van der Waals surface area contributed by atoms with E-state index in [1.165, 1.54) is 11.1 Å². The van der Waals surface area contributed by atoms with E-state index >= 15 is 0 Å². The van der Waals surface area contributed by atoms with Crippen molar-refractivity contribution in [1.82, 2.24) is 14.5 Å². The number of hydrogen-bond donors (Lipinski definition) is 0. The van der Waals surface area contributed by atoms with E-state index < -0.39 is 0 Å². The fourth-order valence-corrected chi connectivity index (χ4v) is 4.63. The van der Waals surface area contributed by atoms with Crippen molar-refractivity contribution >= 4 is 11.4 Å². The van der Waals surface area contributed by atoms with E-state index in [1.54, 1.807) is 6.20 Å². The topological polar surface area (TPSA) is 87.0 Å². The zero-order valence-electron chi connectivity index (χ0n) is 21.8. The molecule has 0 fully saturated rings. The van der Waals surface area contributed by atoms with Crippen molar-refractivity contribution < 1.29 is 20.1 Å². The molecule has 0 saturated heterocycles. The molecule has 0 saturated carbocycles. The van der Waals surface area contributed by atoms with Crippen LogP contribution in [0.25, 0.3) is 43.5 Å². The molecule has 0 aliphatic carbocycles. The predicted octanol–water partition coefficient (Wildman–Crippen LogP) is 7.27. The van der Waals surface area contributed by atoms with E-state index in [2.05, 4.69) is 42.4 Å². The summed E-state index contributed by atoms with van der Waals surface area (Å²) in [4.78, 5) is 15.5. The number of nitrogens with zero attached hydrogens (tertiary/aromatic N) is 7. The molecule has 7 nitrogen and oxygen atoms in total. The Hall–Kier alpha value is -5.37. The summed E-state index contributed by atoms with van der Waals surface area (Å²) in [7, 11) is 0. The molecule has 8 heteroatoms. The van der Waals surface area contributed by atoms with E-state index in [0.717, 1.165) is 35.5 Å². The second-order valence-corrected chi connectivity index (χ2v) is 8.91. The Morgan fingerprint density at radius 3 is 2.46 bits per heavy atom. The van der Waals surface area contributed by atoms with Gasteiger partial charge >= 0.3 is 0 Å². The molecular formula is C33H19IrN7-2. The van der Waals surface area contributed by atoms with Gasteiger partial charge < -0.3 is 4.57 Å². The molecule has 0 N–H and O–H groups in total. The molecule has 1 aliphatic rings. The van der Waals surface area contributed by atoms with Crippen molar-refractivity contribution in [1.29, 1.82) is 10.5 Å². The number of fused-ring (bicyclic) bond motifs is 3. The first-order valence-corrected chi connectivity index (χ1v) is 12.3. The van der Waals surface area contributed by atoms with Gasteiger partial charge in [0.15, 0.2) is 0 Å². The number of hydrogen-bond acceptors (Lipinski definition) is 4. The zero-order valence-corrected chi connectivity index (χ0v) is 24.2. The molecule has 0 atom stereocenters. The van der Waals surface area contributed by atoms with Gasteiger partial charge in [0, 0.05) is 62.6 Å². The van der Waals surface area contributed by atoms with Gasteiger partial charge in [-0.15, -0.1) is 35.4 Å². The van der Waals surface area contributed by atoms with Crippen LogP contribution in [0.15, 0.2) is 73.2 Å². The van der Waals surface area contributed by atoms with Gasteiger partial charge in [-0.1, -0.05) is 42.5 Å². The number of aromatic nitrogens is 3. The SMILES string of the molecule is [C-]#[N+]c1c(-c2cc(-c3ccccc3)c(C)cn2)[c-]c(C#N)c(C#N)c1[N+]#[C-].[Ir].[c-]1cccc2c1-c1nccn1CC2. The molecule has 3 aromatic carbocycles.